The Bertz CT molecular complexity index is 3610. The van der Waals surface area contributed by atoms with Gasteiger partial charge in [-0.1, -0.05) is 170 Å². The minimum Gasteiger partial charge on any atom is -0.456 e. The van der Waals surface area contributed by atoms with E-state index in [0.717, 1.165) is 88.8 Å². The van der Waals surface area contributed by atoms with Crippen LogP contribution in [-0.2, 0) is 0 Å². The number of benzene rings is 10. The van der Waals surface area contributed by atoms with Crippen LogP contribution in [0.5, 0.6) is 0 Å². The molecule has 12 rings (SSSR count). The van der Waals surface area contributed by atoms with E-state index in [1.165, 1.54) is 27.5 Å². The Balaban J connectivity index is 1.11. The van der Waals surface area contributed by atoms with Crippen molar-refractivity contribution in [2.45, 2.75) is 0 Å². The summed E-state index contributed by atoms with van der Waals surface area (Å²) in [7, 11) is 0. The summed E-state index contributed by atoms with van der Waals surface area (Å²) in [5, 5.41) is 6.86. The van der Waals surface area contributed by atoms with Crippen molar-refractivity contribution >= 4 is 71.7 Å². The molecule has 3 heteroatoms. The zero-order valence-corrected chi connectivity index (χ0v) is 33.1. The Morgan fingerprint density at radius 2 is 0.787 bits per heavy atom. The maximum Gasteiger partial charge on any atom is 0.136 e. The smallest absolute Gasteiger partial charge is 0.136 e. The second-order valence-corrected chi connectivity index (χ2v) is 15.6. The molecule has 0 atom stereocenters. The van der Waals surface area contributed by atoms with E-state index in [4.69, 9.17) is 8.83 Å². The molecule has 0 aliphatic carbocycles. The topological polar surface area (TPSA) is 29.5 Å². The van der Waals surface area contributed by atoms with Crippen LogP contribution in [0.4, 0.5) is 17.1 Å². The number of hydrogen-bond acceptors (Lipinski definition) is 3. The SMILES string of the molecule is c1ccc(-c2cccc3cccc(-c4ccccc4N(c4cccc(-c5ccc6c(c5)oc5ccccc56)c4)c4ccccc4-c4cccc5oc6ccccc6c45)c23)cc1. The molecular formula is C58H37NO2. The standard InChI is InChI=1S/C58H37NO2/c1-2-16-38(17-3-1)43-26-13-18-39-19-14-27-48(57(39)43)44-22-4-8-29-51(44)59(42-21-12-20-40(36-42)41-34-35-47-46-24-6-10-31-53(46)61-56(47)37-41)52-30-9-5-23-45(52)49-28-15-33-55-58(49)50-25-7-11-32-54(50)60-55/h1-37H. The number of fused-ring (bicyclic) bond motifs is 7. The number of hydrogen-bond donors (Lipinski definition) is 0. The quantitative estimate of drug-likeness (QED) is 0.161. The zero-order chi connectivity index (χ0) is 40.3. The second-order valence-electron chi connectivity index (χ2n) is 15.6. The van der Waals surface area contributed by atoms with Gasteiger partial charge < -0.3 is 13.7 Å². The van der Waals surface area contributed by atoms with Crippen molar-refractivity contribution in [3.63, 3.8) is 0 Å². The van der Waals surface area contributed by atoms with Crippen molar-refractivity contribution in [1.29, 1.82) is 0 Å². The number of para-hydroxylation sites is 4. The molecule has 0 bridgehead atoms. The third kappa shape index (κ3) is 5.82. The van der Waals surface area contributed by atoms with Crippen molar-refractivity contribution in [3.05, 3.63) is 224 Å². The summed E-state index contributed by atoms with van der Waals surface area (Å²) in [5.41, 5.74) is 15.8. The van der Waals surface area contributed by atoms with Gasteiger partial charge in [-0.15, -0.1) is 0 Å². The van der Waals surface area contributed by atoms with Crippen LogP contribution < -0.4 is 4.90 Å². The fourth-order valence-corrected chi connectivity index (χ4v) is 9.35. The normalized spacial score (nSPS) is 11.6. The second kappa shape index (κ2) is 14.3. The predicted molar refractivity (Wildman–Crippen MR) is 255 cm³/mol. The average Bonchev–Trinajstić information content (AvgIpc) is 3.90. The van der Waals surface area contributed by atoms with Gasteiger partial charge in [0.25, 0.3) is 0 Å². The summed E-state index contributed by atoms with van der Waals surface area (Å²) < 4.78 is 12.8. The number of furan rings is 2. The van der Waals surface area contributed by atoms with Gasteiger partial charge >= 0.3 is 0 Å². The van der Waals surface area contributed by atoms with Crippen LogP contribution in [0.2, 0.25) is 0 Å². The molecule has 0 radical (unpaired) electrons. The molecule has 286 valence electrons. The molecule has 12 aromatic rings. The fraction of sp³-hybridized carbons (Fsp3) is 0. The molecule has 0 N–H and O–H groups in total. The van der Waals surface area contributed by atoms with Crippen LogP contribution in [0.1, 0.15) is 0 Å². The van der Waals surface area contributed by atoms with Gasteiger partial charge in [-0.2, -0.15) is 0 Å². The van der Waals surface area contributed by atoms with Gasteiger partial charge in [-0.05, 0) is 98.8 Å². The number of nitrogens with zero attached hydrogens (tertiary/aromatic N) is 1. The van der Waals surface area contributed by atoms with E-state index in [1.807, 2.05) is 18.2 Å². The van der Waals surface area contributed by atoms with Crippen LogP contribution >= 0.6 is 0 Å². The summed E-state index contributed by atoms with van der Waals surface area (Å²) in [6.07, 6.45) is 0. The molecule has 0 saturated carbocycles. The third-order valence-electron chi connectivity index (χ3n) is 12.1. The molecule has 0 amide bonds. The van der Waals surface area contributed by atoms with Gasteiger partial charge in [0.15, 0.2) is 0 Å². The van der Waals surface area contributed by atoms with Gasteiger partial charge in [0, 0.05) is 38.4 Å². The largest absolute Gasteiger partial charge is 0.456 e. The van der Waals surface area contributed by atoms with Crippen molar-refractivity contribution in [2.75, 3.05) is 4.90 Å². The van der Waals surface area contributed by atoms with E-state index in [-0.39, 0.29) is 0 Å². The Hall–Kier alpha value is -8.14. The maximum atomic E-state index is 6.44. The van der Waals surface area contributed by atoms with Crippen LogP contribution in [-0.4, -0.2) is 0 Å². The molecule has 10 aromatic carbocycles. The maximum absolute atomic E-state index is 6.44. The first-order valence-corrected chi connectivity index (χ1v) is 20.7. The Morgan fingerprint density at radius 3 is 1.56 bits per heavy atom. The van der Waals surface area contributed by atoms with Crippen molar-refractivity contribution < 1.29 is 8.83 Å². The first-order valence-electron chi connectivity index (χ1n) is 20.7. The minimum absolute atomic E-state index is 0.868. The lowest BCUT2D eigenvalue weighted by molar-refractivity contribution is 0.668. The summed E-state index contributed by atoms with van der Waals surface area (Å²) in [5.74, 6) is 0. The zero-order valence-electron chi connectivity index (χ0n) is 33.1. The monoisotopic (exact) mass is 779 g/mol. The van der Waals surface area contributed by atoms with Gasteiger partial charge in [0.1, 0.15) is 22.3 Å². The van der Waals surface area contributed by atoms with Gasteiger partial charge in [0.05, 0.1) is 11.4 Å². The third-order valence-corrected chi connectivity index (χ3v) is 12.1. The highest BCUT2D eigenvalue weighted by atomic mass is 16.3. The van der Waals surface area contributed by atoms with Gasteiger partial charge in [-0.25, -0.2) is 0 Å². The molecule has 0 unspecified atom stereocenters. The van der Waals surface area contributed by atoms with E-state index >= 15 is 0 Å². The summed E-state index contributed by atoms with van der Waals surface area (Å²) in [4.78, 5) is 2.44. The lowest BCUT2D eigenvalue weighted by atomic mass is 9.90. The summed E-state index contributed by atoms with van der Waals surface area (Å²) in [6.45, 7) is 0. The van der Waals surface area contributed by atoms with Gasteiger partial charge in [-0.3, -0.25) is 0 Å². The number of rotatable bonds is 7. The van der Waals surface area contributed by atoms with E-state index in [2.05, 4.69) is 211 Å². The lowest BCUT2D eigenvalue weighted by Gasteiger charge is -2.30. The highest BCUT2D eigenvalue weighted by Crippen LogP contribution is 2.49. The Labute approximate surface area is 353 Å². The van der Waals surface area contributed by atoms with Crippen LogP contribution in [0.3, 0.4) is 0 Å². The van der Waals surface area contributed by atoms with E-state index in [0.29, 0.717) is 0 Å². The molecule has 0 aliphatic heterocycles. The average molecular weight is 780 g/mol. The molecule has 2 aromatic heterocycles. The van der Waals surface area contributed by atoms with Crippen LogP contribution in [0.15, 0.2) is 233 Å². The van der Waals surface area contributed by atoms with Crippen molar-refractivity contribution in [1.82, 2.24) is 0 Å². The number of anilines is 3. The summed E-state index contributed by atoms with van der Waals surface area (Å²) >= 11 is 0. The predicted octanol–water partition coefficient (Wildman–Crippen LogP) is 16.8. The highest BCUT2D eigenvalue weighted by Gasteiger charge is 2.24. The van der Waals surface area contributed by atoms with E-state index in [9.17, 15) is 0 Å². The van der Waals surface area contributed by atoms with Crippen molar-refractivity contribution in [3.8, 4) is 44.5 Å². The highest BCUT2D eigenvalue weighted by molar-refractivity contribution is 6.15. The Morgan fingerprint density at radius 1 is 0.279 bits per heavy atom. The molecule has 0 spiro atoms. The molecule has 61 heavy (non-hydrogen) atoms. The van der Waals surface area contributed by atoms with E-state index < -0.39 is 0 Å². The lowest BCUT2D eigenvalue weighted by Crippen LogP contribution is -2.12. The summed E-state index contributed by atoms with van der Waals surface area (Å²) in [6, 6.07) is 80.1. The molecular weight excluding hydrogens is 743 g/mol. The molecule has 2 heterocycles. The molecule has 0 aliphatic rings. The molecule has 3 nitrogen and oxygen atoms in total. The Kier molecular flexibility index (Phi) is 8.17. The van der Waals surface area contributed by atoms with Gasteiger partial charge in [0.2, 0.25) is 0 Å². The first kappa shape index (κ1) is 34.9. The molecule has 0 saturated heterocycles. The van der Waals surface area contributed by atoms with Crippen LogP contribution in [0.25, 0.3) is 99.2 Å². The van der Waals surface area contributed by atoms with Crippen molar-refractivity contribution in [2.24, 2.45) is 0 Å². The minimum atomic E-state index is 0.868. The molecule has 0 fully saturated rings. The first-order chi connectivity index (χ1) is 30.3. The van der Waals surface area contributed by atoms with Crippen LogP contribution in [0, 0.1) is 0 Å². The fourth-order valence-electron chi connectivity index (χ4n) is 9.35. The van der Waals surface area contributed by atoms with E-state index in [1.54, 1.807) is 0 Å².